The number of ether oxygens (including phenoxy) is 1. The Morgan fingerprint density at radius 1 is 1.16 bits per heavy atom. The van der Waals surface area contributed by atoms with E-state index in [1.807, 2.05) is 0 Å². The van der Waals surface area contributed by atoms with Gasteiger partial charge in [0.1, 0.15) is 23.5 Å². The van der Waals surface area contributed by atoms with Gasteiger partial charge in [-0.15, -0.1) is 0 Å². The molecule has 0 radical (unpaired) electrons. The Labute approximate surface area is 140 Å². The molecule has 0 saturated heterocycles. The van der Waals surface area contributed by atoms with Gasteiger partial charge in [0.05, 0.1) is 4.92 Å². The van der Waals surface area contributed by atoms with Gasteiger partial charge in [-0.05, 0) is 35.9 Å². The zero-order valence-corrected chi connectivity index (χ0v) is 12.7. The van der Waals surface area contributed by atoms with Crippen molar-refractivity contribution in [3.05, 3.63) is 80.2 Å². The molecule has 0 fully saturated rings. The van der Waals surface area contributed by atoms with Crippen LogP contribution in [-0.2, 0) is 6.61 Å². The van der Waals surface area contributed by atoms with E-state index in [2.05, 4.69) is 0 Å². The highest BCUT2D eigenvalue weighted by Crippen LogP contribution is 2.22. The lowest BCUT2D eigenvalue weighted by atomic mass is 10.2. The molecule has 0 atom stereocenters. The number of nitrogens with zero attached hydrogens (tertiary/aromatic N) is 1. The number of carboxylic acids is 1. The van der Waals surface area contributed by atoms with E-state index in [-0.39, 0.29) is 17.9 Å². The number of nitro benzene ring substituents is 1. The quantitative estimate of drug-likeness (QED) is 0.430. The average Bonchev–Trinajstić information content (AvgIpc) is 2.59. The van der Waals surface area contributed by atoms with Gasteiger partial charge >= 0.3 is 11.6 Å². The Bertz CT molecular complexity index is 1020. The number of fused-ring (bicyclic) bond motifs is 1. The summed E-state index contributed by atoms with van der Waals surface area (Å²) in [6.45, 7) is 0.168. The lowest BCUT2D eigenvalue weighted by molar-refractivity contribution is -0.384. The van der Waals surface area contributed by atoms with Crippen LogP contribution in [0.25, 0.3) is 11.0 Å². The first-order valence-electron chi connectivity index (χ1n) is 7.11. The lowest BCUT2D eigenvalue weighted by Gasteiger charge is -2.07. The van der Waals surface area contributed by atoms with Crippen LogP contribution in [0.1, 0.15) is 15.9 Å². The van der Waals surface area contributed by atoms with E-state index in [1.54, 1.807) is 24.3 Å². The Hall–Kier alpha value is -3.68. The first-order chi connectivity index (χ1) is 11.9. The second-order valence-corrected chi connectivity index (χ2v) is 5.16. The van der Waals surface area contributed by atoms with Gasteiger partial charge in [-0.2, -0.15) is 0 Å². The molecule has 0 aliphatic heterocycles. The topological polar surface area (TPSA) is 120 Å². The maximum Gasteiger partial charge on any atom is 0.351 e. The Kier molecular flexibility index (Phi) is 4.17. The van der Waals surface area contributed by atoms with Gasteiger partial charge in [0.25, 0.3) is 5.69 Å². The molecule has 126 valence electrons. The number of hydrogen-bond donors (Lipinski definition) is 1. The van der Waals surface area contributed by atoms with Crippen molar-refractivity contribution in [2.45, 2.75) is 6.61 Å². The maximum atomic E-state index is 11.6. The number of non-ortho nitro benzene ring substituents is 1. The monoisotopic (exact) mass is 341 g/mol. The molecule has 1 N–H and O–H groups in total. The number of carboxylic acid groups (broad SMARTS) is 1. The lowest BCUT2D eigenvalue weighted by Crippen LogP contribution is -2.12. The average molecular weight is 341 g/mol. The van der Waals surface area contributed by atoms with Crippen LogP contribution < -0.4 is 10.4 Å². The number of hydrogen-bond acceptors (Lipinski definition) is 6. The van der Waals surface area contributed by atoms with Crippen LogP contribution in [0.3, 0.4) is 0 Å². The molecule has 0 aliphatic rings. The largest absolute Gasteiger partial charge is 0.489 e. The van der Waals surface area contributed by atoms with Crippen LogP contribution in [0.5, 0.6) is 5.75 Å². The summed E-state index contributed by atoms with van der Waals surface area (Å²) >= 11 is 0. The minimum Gasteiger partial charge on any atom is -0.489 e. The highest BCUT2D eigenvalue weighted by Gasteiger charge is 2.12. The number of carbonyl (C=O) groups is 1. The van der Waals surface area contributed by atoms with Crippen LogP contribution in [-0.4, -0.2) is 16.0 Å². The highest BCUT2D eigenvalue weighted by molar-refractivity contribution is 5.91. The number of rotatable bonds is 5. The molecule has 8 heteroatoms. The zero-order chi connectivity index (χ0) is 18.0. The van der Waals surface area contributed by atoms with E-state index in [1.165, 1.54) is 24.3 Å². The Balaban J connectivity index is 1.80. The predicted molar refractivity (Wildman–Crippen MR) is 86.9 cm³/mol. The van der Waals surface area contributed by atoms with E-state index in [0.717, 1.165) is 5.56 Å². The maximum absolute atomic E-state index is 11.6. The fourth-order valence-electron chi connectivity index (χ4n) is 2.21. The van der Waals surface area contributed by atoms with Gasteiger partial charge in [0, 0.05) is 23.6 Å². The van der Waals surface area contributed by atoms with E-state index in [0.29, 0.717) is 11.1 Å². The number of aromatic carboxylic acids is 1. The summed E-state index contributed by atoms with van der Waals surface area (Å²) in [6, 6.07) is 11.8. The summed E-state index contributed by atoms with van der Waals surface area (Å²) in [5, 5.41) is 20.0. The van der Waals surface area contributed by atoms with E-state index >= 15 is 0 Å². The summed E-state index contributed by atoms with van der Waals surface area (Å²) in [5.74, 6) is -0.939. The summed E-state index contributed by atoms with van der Waals surface area (Å²) < 4.78 is 10.6. The zero-order valence-electron chi connectivity index (χ0n) is 12.7. The van der Waals surface area contributed by atoms with E-state index in [4.69, 9.17) is 14.3 Å². The van der Waals surface area contributed by atoms with Crippen molar-refractivity contribution in [1.82, 2.24) is 0 Å². The normalized spacial score (nSPS) is 10.6. The van der Waals surface area contributed by atoms with Gasteiger partial charge in [0.15, 0.2) is 0 Å². The minimum atomic E-state index is -1.35. The smallest absolute Gasteiger partial charge is 0.351 e. The molecule has 0 bridgehead atoms. The van der Waals surface area contributed by atoms with E-state index < -0.39 is 22.1 Å². The third-order valence-corrected chi connectivity index (χ3v) is 3.49. The number of benzene rings is 2. The highest BCUT2D eigenvalue weighted by atomic mass is 16.6. The Morgan fingerprint density at radius 3 is 2.52 bits per heavy atom. The van der Waals surface area contributed by atoms with Crippen LogP contribution >= 0.6 is 0 Å². The molecule has 3 aromatic rings. The van der Waals surface area contributed by atoms with Crippen molar-refractivity contribution in [1.29, 1.82) is 0 Å². The third kappa shape index (κ3) is 3.47. The van der Waals surface area contributed by atoms with Crippen molar-refractivity contribution in [3.8, 4) is 5.75 Å². The molecule has 0 saturated carbocycles. The third-order valence-electron chi connectivity index (χ3n) is 3.49. The molecule has 1 aromatic heterocycles. The molecule has 8 nitrogen and oxygen atoms in total. The molecule has 0 aliphatic carbocycles. The number of nitro groups is 1. The fourth-order valence-corrected chi connectivity index (χ4v) is 2.21. The van der Waals surface area contributed by atoms with Gasteiger partial charge in [-0.25, -0.2) is 9.59 Å². The molecule has 1 heterocycles. The second kappa shape index (κ2) is 6.44. The standard InChI is InChI=1S/C17H11NO7/c19-16(20)14-7-11-3-6-13(8-15(11)25-17(14)21)24-9-10-1-4-12(5-2-10)18(22)23/h1-8H,9H2,(H,19,20). The first-order valence-corrected chi connectivity index (χ1v) is 7.11. The van der Waals surface area contributed by atoms with Crippen molar-refractivity contribution < 1.29 is 24.0 Å². The minimum absolute atomic E-state index is 0.00883. The summed E-state index contributed by atoms with van der Waals surface area (Å²) in [5.41, 5.74) is -0.449. The van der Waals surface area contributed by atoms with Crippen molar-refractivity contribution in [3.63, 3.8) is 0 Å². The van der Waals surface area contributed by atoms with Crippen molar-refractivity contribution in [2.75, 3.05) is 0 Å². The van der Waals surface area contributed by atoms with Gasteiger partial charge in [-0.3, -0.25) is 10.1 Å². The van der Waals surface area contributed by atoms with Crippen LogP contribution in [0.15, 0.2) is 57.7 Å². The molecule has 0 amide bonds. The van der Waals surface area contributed by atoms with Crippen LogP contribution in [0.4, 0.5) is 5.69 Å². The fraction of sp³-hybridized carbons (Fsp3) is 0.0588. The second-order valence-electron chi connectivity index (χ2n) is 5.16. The molecule has 2 aromatic carbocycles. The van der Waals surface area contributed by atoms with Gasteiger partial charge in [-0.1, -0.05) is 0 Å². The summed E-state index contributed by atoms with van der Waals surface area (Å²) in [6.07, 6.45) is 0. The molecule has 3 rings (SSSR count). The van der Waals surface area contributed by atoms with E-state index in [9.17, 15) is 19.7 Å². The van der Waals surface area contributed by atoms with Crippen LogP contribution in [0.2, 0.25) is 0 Å². The Morgan fingerprint density at radius 2 is 1.88 bits per heavy atom. The van der Waals surface area contributed by atoms with Crippen molar-refractivity contribution >= 4 is 22.6 Å². The first kappa shape index (κ1) is 16.2. The summed E-state index contributed by atoms with van der Waals surface area (Å²) in [4.78, 5) is 32.7. The van der Waals surface area contributed by atoms with Gasteiger partial charge < -0.3 is 14.3 Å². The summed E-state index contributed by atoms with van der Waals surface area (Å²) in [7, 11) is 0. The van der Waals surface area contributed by atoms with Crippen LogP contribution in [0, 0.1) is 10.1 Å². The van der Waals surface area contributed by atoms with Crippen molar-refractivity contribution in [2.24, 2.45) is 0 Å². The SMILES string of the molecule is O=C(O)c1cc2ccc(OCc3ccc([N+](=O)[O-])cc3)cc2oc1=O. The molecule has 0 spiro atoms. The molecule has 0 unspecified atom stereocenters. The molecular weight excluding hydrogens is 330 g/mol. The predicted octanol–water partition coefficient (Wildman–Crippen LogP) is 2.98. The van der Waals surface area contributed by atoms with Gasteiger partial charge in [0.2, 0.25) is 0 Å². The molecule has 25 heavy (non-hydrogen) atoms. The molecular formula is C17H11NO7.